The first-order chi connectivity index (χ1) is 11.3. The van der Waals surface area contributed by atoms with Crippen LogP contribution in [0.15, 0.2) is 47.6 Å². The second kappa shape index (κ2) is 7.31. The summed E-state index contributed by atoms with van der Waals surface area (Å²) in [5.41, 5.74) is -0.626. The van der Waals surface area contributed by atoms with E-state index < -0.39 is 29.5 Å². The Labute approximate surface area is 138 Å². The van der Waals surface area contributed by atoms with Crippen LogP contribution in [0.1, 0.15) is 15.9 Å². The van der Waals surface area contributed by atoms with Crippen molar-refractivity contribution in [3.05, 3.63) is 64.4 Å². The van der Waals surface area contributed by atoms with Crippen molar-refractivity contribution in [2.24, 2.45) is 5.16 Å². The average molecular weight is 362 g/mol. The third-order valence-electron chi connectivity index (χ3n) is 2.64. The molecule has 0 amide bonds. The monoisotopic (exact) mass is 361 g/mol. The number of hydrogen-bond donors (Lipinski definition) is 0. The topological polar surface area (TPSA) is 47.9 Å². The molecule has 2 aromatic rings. The number of hydrogen-bond acceptors (Lipinski definition) is 4. The van der Waals surface area contributed by atoms with Crippen molar-refractivity contribution in [3.63, 3.8) is 0 Å². The molecule has 0 radical (unpaired) electrons. The van der Waals surface area contributed by atoms with Gasteiger partial charge in [0.15, 0.2) is 0 Å². The van der Waals surface area contributed by atoms with Crippen molar-refractivity contribution in [1.82, 2.24) is 0 Å². The quantitative estimate of drug-likeness (QED) is 0.347. The van der Waals surface area contributed by atoms with Crippen molar-refractivity contribution in [1.29, 1.82) is 0 Å². The van der Waals surface area contributed by atoms with E-state index in [4.69, 9.17) is 11.6 Å². The highest BCUT2D eigenvalue weighted by Crippen LogP contribution is 2.25. The summed E-state index contributed by atoms with van der Waals surface area (Å²) in [5, 5.41) is 3.06. The van der Waals surface area contributed by atoms with Crippen LogP contribution in [0.5, 0.6) is 5.75 Å². The van der Waals surface area contributed by atoms with E-state index in [0.29, 0.717) is 0 Å². The fourth-order valence-corrected chi connectivity index (χ4v) is 1.91. The summed E-state index contributed by atoms with van der Waals surface area (Å²) in [5.74, 6) is -2.64. The number of ether oxygens (including phenoxy) is 1. The van der Waals surface area contributed by atoms with Crippen molar-refractivity contribution in [3.8, 4) is 5.75 Å². The lowest BCUT2D eigenvalue weighted by Crippen LogP contribution is -2.18. The molecule has 0 aromatic heterocycles. The second-order valence-electron chi connectivity index (χ2n) is 4.30. The first-order valence-electron chi connectivity index (χ1n) is 6.31. The normalized spacial score (nSPS) is 11.5. The van der Waals surface area contributed by atoms with Gasteiger partial charge in [0.05, 0.1) is 11.2 Å². The first-order valence-corrected chi connectivity index (χ1v) is 6.69. The minimum Gasteiger partial charge on any atom is -0.405 e. The van der Waals surface area contributed by atoms with Crippen molar-refractivity contribution in [2.45, 2.75) is 6.36 Å². The molecule has 0 fully saturated rings. The lowest BCUT2D eigenvalue weighted by Gasteiger charge is -2.10. The fraction of sp³-hybridized carbons (Fsp3) is 0.0667. The van der Waals surface area contributed by atoms with E-state index in [2.05, 4.69) is 14.7 Å². The van der Waals surface area contributed by atoms with E-state index in [0.717, 1.165) is 18.3 Å². The molecular formula is C15H8ClF4NO3. The SMILES string of the molecule is O=C(ON=Cc1ccccc1OC(F)(F)F)c1c(F)cccc1Cl. The highest BCUT2D eigenvalue weighted by molar-refractivity contribution is 6.33. The van der Waals surface area contributed by atoms with E-state index >= 15 is 0 Å². The van der Waals surface area contributed by atoms with Gasteiger partial charge in [-0.25, -0.2) is 9.18 Å². The zero-order chi connectivity index (χ0) is 17.7. The molecule has 0 aliphatic carbocycles. The Morgan fingerprint density at radius 1 is 1.12 bits per heavy atom. The Kier molecular flexibility index (Phi) is 5.40. The van der Waals surface area contributed by atoms with Gasteiger partial charge in [-0.05, 0) is 24.3 Å². The highest BCUT2D eigenvalue weighted by atomic mass is 35.5. The summed E-state index contributed by atoms with van der Waals surface area (Å²) in [6.07, 6.45) is -4.06. The van der Waals surface area contributed by atoms with Gasteiger partial charge in [0.25, 0.3) is 0 Å². The van der Waals surface area contributed by atoms with Crippen LogP contribution >= 0.6 is 11.6 Å². The highest BCUT2D eigenvalue weighted by Gasteiger charge is 2.31. The van der Waals surface area contributed by atoms with Crippen molar-refractivity contribution in [2.75, 3.05) is 0 Å². The van der Waals surface area contributed by atoms with Crippen molar-refractivity contribution < 1.29 is 31.9 Å². The van der Waals surface area contributed by atoms with Gasteiger partial charge in [-0.3, -0.25) is 0 Å². The molecule has 0 bridgehead atoms. The molecule has 24 heavy (non-hydrogen) atoms. The smallest absolute Gasteiger partial charge is 0.405 e. The summed E-state index contributed by atoms with van der Waals surface area (Å²) in [6.45, 7) is 0. The lowest BCUT2D eigenvalue weighted by molar-refractivity contribution is -0.274. The van der Waals surface area contributed by atoms with Crippen LogP contribution in [0, 0.1) is 5.82 Å². The van der Waals surface area contributed by atoms with E-state index in [9.17, 15) is 22.4 Å². The Bertz CT molecular complexity index is 757. The number of rotatable bonds is 4. The summed E-state index contributed by atoms with van der Waals surface area (Å²) < 4.78 is 54.1. The summed E-state index contributed by atoms with van der Waals surface area (Å²) in [6, 6.07) is 8.64. The molecule has 0 N–H and O–H groups in total. The summed E-state index contributed by atoms with van der Waals surface area (Å²) in [7, 11) is 0. The number of halogens is 5. The van der Waals surface area contributed by atoms with Gasteiger partial charge in [0, 0.05) is 5.56 Å². The molecule has 2 rings (SSSR count). The van der Waals surface area contributed by atoms with Gasteiger partial charge in [-0.2, -0.15) is 0 Å². The number of carbonyl (C=O) groups is 1. The Hall–Kier alpha value is -2.61. The molecule has 0 unspecified atom stereocenters. The molecule has 0 heterocycles. The van der Waals surface area contributed by atoms with Crippen LogP contribution in [0.4, 0.5) is 17.6 Å². The average Bonchev–Trinajstić information content (AvgIpc) is 2.47. The van der Waals surface area contributed by atoms with Gasteiger partial charge in [-0.15, -0.1) is 13.2 Å². The molecule has 0 spiro atoms. The maximum atomic E-state index is 13.5. The summed E-state index contributed by atoms with van der Waals surface area (Å²) >= 11 is 5.68. The first kappa shape index (κ1) is 17.7. The second-order valence-corrected chi connectivity index (χ2v) is 4.70. The predicted octanol–water partition coefficient (Wildman–Crippen LogP) is 4.57. The number of carbonyl (C=O) groups excluding carboxylic acids is 1. The molecule has 0 atom stereocenters. The van der Waals surface area contributed by atoms with Crippen LogP contribution < -0.4 is 4.74 Å². The Morgan fingerprint density at radius 3 is 2.50 bits per heavy atom. The number of oxime groups is 1. The number of benzene rings is 2. The minimum atomic E-state index is -4.89. The standard InChI is InChI=1S/C15H8ClF4NO3/c16-10-5-3-6-11(17)13(10)14(22)24-21-8-9-4-1-2-7-12(9)23-15(18,19)20/h1-8H. The van der Waals surface area contributed by atoms with E-state index in [-0.39, 0.29) is 10.6 Å². The number of alkyl halides is 3. The molecule has 0 saturated heterocycles. The zero-order valence-corrected chi connectivity index (χ0v) is 12.4. The zero-order valence-electron chi connectivity index (χ0n) is 11.7. The molecule has 4 nitrogen and oxygen atoms in total. The molecule has 0 aliphatic heterocycles. The molecule has 0 aliphatic rings. The Balaban J connectivity index is 2.14. The largest absolute Gasteiger partial charge is 0.573 e. The third-order valence-corrected chi connectivity index (χ3v) is 2.95. The molecule has 9 heteroatoms. The predicted molar refractivity (Wildman–Crippen MR) is 77.5 cm³/mol. The van der Waals surface area contributed by atoms with Gasteiger partial charge in [-0.1, -0.05) is 35.0 Å². The Morgan fingerprint density at radius 2 is 1.83 bits per heavy atom. The minimum absolute atomic E-state index is 0.0951. The molecule has 126 valence electrons. The van der Waals surface area contributed by atoms with Gasteiger partial charge < -0.3 is 9.57 Å². The number of nitrogens with zero attached hydrogens (tertiary/aromatic N) is 1. The van der Waals surface area contributed by atoms with Crippen LogP contribution in [0.3, 0.4) is 0 Å². The van der Waals surface area contributed by atoms with Crippen LogP contribution in [-0.4, -0.2) is 18.5 Å². The fourth-order valence-electron chi connectivity index (χ4n) is 1.67. The van der Waals surface area contributed by atoms with Crippen molar-refractivity contribution >= 4 is 23.8 Å². The van der Waals surface area contributed by atoms with Gasteiger partial charge in [0.2, 0.25) is 0 Å². The maximum absolute atomic E-state index is 13.5. The summed E-state index contributed by atoms with van der Waals surface area (Å²) in [4.78, 5) is 16.2. The maximum Gasteiger partial charge on any atom is 0.573 e. The van der Waals surface area contributed by atoms with E-state index in [1.165, 1.54) is 30.3 Å². The third kappa shape index (κ3) is 4.69. The molecular weight excluding hydrogens is 354 g/mol. The van der Waals surface area contributed by atoms with Gasteiger partial charge in [0.1, 0.15) is 17.1 Å². The van der Waals surface area contributed by atoms with E-state index in [1.807, 2.05) is 0 Å². The van der Waals surface area contributed by atoms with E-state index in [1.54, 1.807) is 0 Å². The molecule has 0 saturated carbocycles. The molecule has 2 aromatic carbocycles. The van der Waals surface area contributed by atoms with Crippen LogP contribution in [0.25, 0.3) is 0 Å². The van der Waals surface area contributed by atoms with Crippen LogP contribution in [0.2, 0.25) is 5.02 Å². The lowest BCUT2D eigenvalue weighted by atomic mass is 10.2. The number of para-hydroxylation sites is 1. The van der Waals surface area contributed by atoms with Gasteiger partial charge >= 0.3 is 12.3 Å². The van der Waals surface area contributed by atoms with Crippen LogP contribution in [-0.2, 0) is 4.84 Å².